The number of aromatic nitrogens is 1. The van der Waals surface area contributed by atoms with Crippen molar-refractivity contribution in [2.45, 2.75) is 38.0 Å². The van der Waals surface area contributed by atoms with E-state index in [-0.39, 0.29) is 5.41 Å². The third kappa shape index (κ3) is 1.45. The van der Waals surface area contributed by atoms with Gasteiger partial charge in [0.2, 0.25) is 0 Å². The molecule has 1 aromatic heterocycles. The van der Waals surface area contributed by atoms with Crippen molar-refractivity contribution in [2.75, 3.05) is 6.54 Å². The van der Waals surface area contributed by atoms with E-state index < -0.39 is 0 Å². The van der Waals surface area contributed by atoms with E-state index in [4.69, 9.17) is 5.73 Å². The summed E-state index contributed by atoms with van der Waals surface area (Å²) in [4.78, 5) is 0. The fraction of sp³-hybridized carbons (Fsp3) is 0.500. The Balaban J connectivity index is 2.31. The molecule has 1 aromatic carbocycles. The molecule has 1 fully saturated rings. The second kappa shape index (κ2) is 4.13. The lowest BCUT2D eigenvalue weighted by Gasteiger charge is -2.28. The van der Waals surface area contributed by atoms with Gasteiger partial charge in [-0.2, -0.15) is 0 Å². The zero-order valence-corrected chi connectivity index (χ0v) is 11.4. The van der Waals surface area contributed by atoms with E-state index in [1.165, 1.54) is 47.8 Å². The number of rotatable bonds is 2. The third-order valence-electron chi connectivity index (χ3n) is 4.88. The Morgan fingerprint density at radius 3 is 2.56 bits per heavy atom. The van der Waals surface area contributed by atoms with Crippen LogP contribution in [0.25, 0.3) is 10.9 Å². The zero-order valence-electron chi connectivity index (χ0n) is 11.4. The minimum absolute atomic E-state index is 0.227. The third-order valence-corrected chi connectivity index (χ3v) is 4.88. The second-order valence-corrected chi connectivity index (χ2v) is 5.73. The molecule has 1 aliphatic carbocycles. The molecule has 1 saturated carbocycles. The Bertz CT molecular complexity index is 574. The van der Waals surface area contributed by atoms with Gasteiger partial charge in [0.25, 0.3) is 0 Å². The summed E-state index contributed by atoms with van der Waals surface area (Å²) in [5.41, 5.74) is 10.6. The quantitative estimate of drug-likeness (QED) is 0.861. The molecule has 0 atom stereocenters. The lowest BCUT2D eigenvalue weighted by molar-refractivity contribution is 0.453. The van der Waals surface area contributed by atoms with Crippen molar-refractivity contribution in [3.05, 3.63) is 35.5 Å². The Hall–Kier alpha value is -1.28. The van der Waals surface area contributed by atoms with E-state index in [1.54, 1.807) is 0 Å². The van der Waals surface area contributed by atoms with Gasteiger partial charge in [-0.05, 0) is 31.4 Å². The Kier molecular flexibility index (Phi) is 2.70. The molecule has 0 unspecified atom stereocenters. The molecular formula is C16H22N2. The normalized spacial score (nSPS) is 18.6. The van der Waals surface area contributed by atoms with Crippen LogP contribution in [0.2, 0.25) is 0 Å². The van der Waals surface area contributed by atoms with Crippen molar-refractivity contribution in [2.24, 2.45) is 12.8 Å². The van der Waals surface area contributed by atoms with Crippen LogP contribution in [-0.2, 0) is 12.5 Å². The van der Waals surface area contributed by atoms with Gasteiger partial charge in [-0.1, -0.05) is 31.0 Å². The van der Waals surface area contributed by atoms with Crippen molar-refractivity contribution >= 4 is 10.9 Å². The molecular weight excluding hydrogens is 220 g/mol. The van der Waals surface area contributed by atoms with Crippen LogP contribution in [0.15, 0.2) is 24.3 Å². The summed E-state index contributed by atoms with van der Waals surface area (Å²) in [6.45, 7) is 3.02. The first-order chi connectivity index (χ1) is 8.69. The molecule has 0 radical (unpaired) electrons. The first-order valence-electron chi connectivity index (χ1n) is 6.94. The standard InChI is InChI=1S/C16H22N2/c1-12-15(16(11-17)9-5-6-10-16)13-7-3-4-8-14(13)18(12)2/h3-4,7-8H,5-6,9-11,17H2,1-2H3. The maximum Gasteiger partial charge on any atom is 0.0482 e. The average Bonchev–Trinajstić information content (AvgIpc) is 2.96. The van der Waals surface area contributed by atoms with Gasteiger partial charge in [-0.3, -0.25) is 0 Å². The van der Waals surface area contributed by atoms with Gasteiger partial charge in [0.15, 0.2) is 0 Å². The number of nitrogens with two attached hydrogens (primary N) is 1. The molecule has 1 heterocycles. The van der Waals surface area contributed by atoms with Crippen LogP contribution in [0, 0.1) is 6.92 Å². The Morgan fingerprint density at radius 2 is 1.89 bits per heavy atom. The monoisotopic (exact) mass is 242 g/mol. The second-order valence-electron chi connectivity index (χ2n) is 5.73. The van der Waals surface area contributed by atoms with Gasteiger partial charge >= 0.3 is 0 Å². The van der Waals surface area contributed by atoms with E-state index in [0.717, 1.165) is 6.54 Å². The molecule has 2 nitrogen and oxygen atoms in total. The van der Waals surface area contributed by atoms with Crippen molar-refractivity contribution < 1.29 is 0 Å². The molecule has 2 N–H and O–H groups in total. The van der Waals surface area contributed by atoms with Gasteiger partial charge in [0.1, 0.15) is 0 Å². The summed E-state index contributed by atoms with van der Waals surface area (Å²) in [6, 6.07) is 8.73. The topological polar surface area (TPSA) is 30.9 Å². The minimum Gasteiger partial charge on any atom is -0.348 e. The first kappa shape index (κ1) is 11.8. The molecule has 96 valence electrons. The molecule has 3 rings (SSSR count). The molecule has 0 saturated heterocycles. The summed E-state index contributed by atoms with van der Waals surface area (Å²) in [6.07, 6.45) is 5.14. The molecule has 18 heavy (non-hydrogen) atoms. The van der Waals surface area contributed by atoms with Gasteiger partial charge in [0, 0.05) is 35.6 Å². The van der Waals surface area contributed by atoms with Gasteiger partial charge in [0.05, 0.1) is 0 Å². The van der Waals surface area contributed by atoms with Crippen LogP contribution in [0.4, 0.5) is 0 Å². The number of hydrogen-bond donors (Lipinski definition) is 1. The van der Waals surface area contributed by atoms with Crippen LogP contribution in [0.1, 0.15) is 36.9 Å². The highest BCUT2D eigenvalue weighted by atomic mass is 14.9. The lowest BCUT2D eigenvalue weighted by Crippen LogP contribution is -2.32. The molecule has 0 aliphatic heterocycles. The summed E-state index contributed by atoms with van der Waals surface area (Å²) in [7, 11) is 2.17. The van der Waals surface area contributed by atoms with Crippen molar-refractivity contribution in [3.8, 4) is 0 Å². The fourth-order valence-electron chi connectivity index (χ4n) is 3.80. The van der Waals surface area contributed by atoms with E-state index in [2.05, 4.69) is 42.8 Å². The summed E-state index contributed by atoms with van der Waals surface area (Å²) in [5.74, 6) is 0. The van der Waals surface area contributed by atoms with E-state index in [0.29, 0.717) is 0 Å². The molecule has 0 spiro atoms. The predicted molar refractivity (Wildman–Crippen MR) is 76.9 cm³/mol. The van der Waals surface area contributed by atoms with Crippen LogP contribution >= 0.6 is 0 Å². The van der Waals surface area contributed by atoms with Crippen LogP contribution in [0.3, 0.4) is 0 Å². The molecule has 1 aliphatic rings. The van der Waals surface area contributed by atoms with E-state index in [9.17, 15) is 0 Å². The number of fused-ring (bicyclic) bond motifs is 1. The number of nitrogens with zero attached hydrogens (tertiary/aromatic N) is 1. The van der Waals surface area contributed by atoms with Gasteiger partial charge in [-0.15, -0.1) is 0 Å². The average molecular weight is 242 g/mol. The first-order valence-corrected chi connectivity index (χ1v) is 6.94. The fourth-order valence-corrected chi connectivity index (χ4v) is 3.80. The summed E-state index contributed by atoms with van der Waals surface area (Å²) < 4.78 is 2.32. The smallest absolute Gasteiger partial charge is 0.0482 e. The SMILES string of the molecule is Cc1c(C2(CN)CCCC2)c2ccccc2n1C. The van der Waals surface area contributed by atoms with Crippen LogP contribution < -0.4 is 5.73 Å². The maximum absolute atomic E-state index is 6.16. The van der Waals surface area contributed by atoms with Crippen molar-refractivity contribution in [1.29, 1.82) is 0 Å². The van der Waals surface area contributed by atoms with Gasteiger partial charge < -0.3 is 10.3 Å². The lowest BCUT2D eigenvalue weighted by atomic mass is 9.77. The highest BCUT2D eigenvalue weighted by Crippen LogP contribution is 2.45. The predicted octanol–water partition coefficient (Wildman–Crippen LogP) is 3.26. The minimum atomic E-state index is 0.227. The van der Waals surface area contributed by atoms with Crippen molar-refractivity contribution in [1.82, 2.24) is 4.57 Å². The highest BCUT2D eigenvalue weighted by molar-refractivity contribution is 5.86. The molecule has 2 aromatic rings. The molecule has 0 amide bonds. The maximum atomic E-state index is 6.16. The Labute approximate surface area is 109 Å². The summed E-state index contributed by atoms with van der Waals surface area (Å²) in [5, 5.41) is 1.41. The largest absolute Gasteiger partial charge is 0.348 e. The number of benzene rings is 1. The van der Waals surface area contributed by atoms with E-state index >= 15 is 0 Å². The molecule has 0 bridgehead atoms. The Morgan fingerprint density at radius 1 is 1.22 bits per heavy atom. The summed E-state index contributed by atoms with van der Waals surface area (Å²) >= 11 is 0. The van der Waals surface area contributed by atoms with Crippen LogP contribution in [-0.4, -0.2) is 11.1 Å². The van der Waals surface area contributed by atoms with Crippen LogP contribution in [0.5, 0.6) is 0 Å². The number of aryl methyl sites for hydroxylation is 1. The van der Waals surface area contributed by atoms with Crippen molar-refractivity contribution in [3.63, 3.8) is 0 Å². The number of para-hydroxylation sites is 1. The zero-order chi connectivity index (χ0) is 12.8. The number of hydrogen-bond acceptors (Lipinski definition) is 1. The van der Waals surface area contributed by atoms with Gasteiger partial charge in [-0.25, -0.2) is 0 Å². The van der Waals surface area contributed by atoms with E-state index in [1.807, 2.05) is 0 Å². The highest BCUT2D eigenvalue weighted by Gasteiger charge is 2.37. The molecule has 2 heteroatoms.